The van der Waals surface area contributed by atoms with E-state index in [1.807, 2.05) is 11.7 Å². The summed E-state index contributed by atoms with van der Waals surface area (Å²) in [6.45, 7) is 9.78. The maximum atomic E-state index is 4.59. The Bertz CT molecular complexity index is 328. The van der Waals surface area contributed by atoms with Gasteiger partial charge in [-0.25, -0.2) is 4.98 Å². The molecule has 0 radical (unpaired) electrons. The first-order valence-electron chi connectivity index (χ1n) is 6.61. The van der Waals surface area contributed by atoms with E-state index >= 15 is 0 Å². The molecule has 0 unspecified atom stereocenters. The number of aromatic nitrogens is 3. The second kappa shape index (κ2) is 6.74. The predicted octanol–water partition coefficient (Wildman–Crippen LogP) is 1.94. The first kappa shape index (κ1) is 14.2. The molecule has 98 valence electrons. The molecule has 4 heteroatoms. The summed E-state index contributed by atoms with van der Waals surface area (Å²) in [7, 11) is 1.99. The van der Waals surface area contributed by atoms with E-state index in [1.54, 1.807) is 0 Å². The Labute approximate surface area is 105 Å². The van der Waals surface area contributed by atoms with Crippen molar-refractivity contribution in [2.75, 3.05) is 6.54 Å². The molecule has 0 aliphatic heterocycles. The summed E-state index contributed by atoms with van der Waals surface area (Å²) in [6.07, 6.45) is 3.09. The molecular formula is C13H26N4. The highest BCUT2D eigenvalue weighted by molar-refractivity contribution is 4.93. The molecule has 17 heavy (non-hydrogen) atoms. The maximum Gasteiger partial charge on any atom is 0.151 e. The molecular weight excluding hydrogens is 212 g/mol. The van der Waals surface area contributed by atoms with Crippen LogP contribution in [-0.2, 0) is 19.9 Å². The molecule has 1 rings (SSSR count). The van der Waals surface area contributed by atoms with Crippen LogP contribution in [0.5, 0.6) is 0 Å². The van der Waals surface area contributed by atoms with Gasteiger partial charge in [-0.05, 0) is 18.9 Å². The van der Waals surface area contributed by atoms with Crippen LogP contribution in [0.2, 0.25) is 0 Å². The predicted molar refractivity (Wildman–Crippen MR) is 71.0 cm³/mol. The van der Waals surface area contributed by atoms with Gasteiger partial charge in [0.2, 0.25) is 0 Å². The van der Waals surface area contributed by atoms with Crippen molar-refractivity contribution in [1.29, 1.82) is 0 Å². The normalized spacial score (nSPS) is 11.7. The third-order valence-corrected chi connectivity index (χ3v) is 2.62. The average molecular weight is 238 g/mol. The third kappa shape index (κ3) is 5.31. The van der Waals surface area contributed by atoms with Crippen LogP contribution in [0.4, 0.5) is 0 Å². The lowest BCUT2D eigenvalue weighted by Crippen LogP contribution is -2.24. The Hall–Kier alpha value is -0.900. The van der Waals surface area contributed by atoms with Gasteiger partial charge in [-0.2, -0.15) is 5.10 Å². The van der Waals surface area contributed by atoms with Crippen LogP contribution < -0.4 is 5.32 Å². The molecule has 0 aromatic carbocycles. The van der Waals surface area contributed by atoms with Gasteiger partial charge in [0.1, 0.15) is 5.82 Å². The standard InChI is InChI=1S/C13H26N4/c1-10(2)9-12-15-13(17(5)16-12)7-6-8-14-11(3)4/h10-11,14H,6-9H2,1-5H3. The van der Waals surface area contributed by atoms with Gasteiger partial charge in [0.15, 0.2) is 5.82 Å². The molecule has 0 atom stereocenters. The Morgan fingerprint density at radius 3 is 2.53 bits per heavy atom. The van der Waals surface area contributed by atoms with Gasteiger partial charge in [0.05, 0.1) is 0 Å². The smallest absolute Gasteiger partial charge is 0.151 e. The summed E-state index contributed by atoms with van der Waals surface area (Å²) in [5, 5.41) is 7.87. The van der Waals surface area contributed by atoms with E-state index in [0.717, 1.165) is 37.5 Å². The van der Waals surface area contributed by atoms with Crippen LogP contribution >= 0.6 is 0 Å². The molecule has 0 spiro atoms. The van der Waals surface area contributed by atoms with Crippen molar-refractivity contribution < 1.29 is 0 Å². The molecule has 1 N–H and O–H groups in total. The highest BCUT2D eigenvalue weighted by Crippen LogP contribution is 2.05. The fraction of sp³-hybridized carbons (Fsp3) is 0.846. The fourth-order valence-corrected chi connectivity index (χ4v) is 1.78. The van der Waals surface area contributed by atoms with Gasteiger partial charge in [-0.15, -0.1) is 0 Å². The van der Waals surface area contributed by atoms with Gasteiger partial charge >= 0.3 is 0 Å². The molecule has 0 aliphatic rings. The highest BCUT2D eigenvalue weighted by Gasteiger charge is 2.08. The van der Waals surface area contributed by atoms with Crippen molar-refractivity contribution in [3.63, 3.8) is 0 Å². The minimum absolute atomic E-state index is 0.561. The first-order chi connectivity index (χ1) is 7.99. The van der Waals surface area contributed by atoms with Crippen molar-refractivity contribution in [2.24, 2.45) is 13.0 Å². The van der Waals surface area contributed by atoms with Crippen LogP contribution in [0.25, 0.3) is 0 Å². The van der Waals surface area contributed by atoms with E-state index in [-0.39, 0.29) is 0 Å². The quantitative estimate of drug-likeness (QED) is 0.738. The van der Waals surface area contributed by atoms with Gasteiger partial charge in [-0.1, -0.05) is 27.7 Å². The molecule has 1 aromatic heterocycles. The molecule has 0 aliphatic carbocycles. The van der Waals surface area contributed by atoms with Gasteiger partial charge in [0, 0.05) is 25.9 Å². The van der Waals surface area contributed by atoms with Gasteiger partial charge in [0.25, 0.3) is 0 Å². The first-order valence-corrected chi connectivity index (χ1v) is 6.61. The van der Waals surface area contributed by atoms with Crippen molar-refractivity contribution in [2.45, 2.75) is 53.0 Å². The topological polar surface area (TPSA) is 42.7 Å². The van der Waals surface area contributed by atoms with E-state index in [1.165, 1.54) is 0 Å². The van der Waals surface area contributed by atoms with Crippen LogP contribution in [0, 0.1) is 5.92 Å². The second-order valence-corrected chi connectivity index (χ2v) is 5.38. The second-order valence-electron chi connectivity index (χ2n) is 5.38. The number of rotatable bonds is 7. The molecule has 0 saturated carbocycles. The largest absolute Gasteiger partial charge is 0.315 e. The van der Waals surface area contributed by atoms with Gasteiger partial charge in [-0.3, -0.25) is 4.68 Å². The molecule has 0 bridgehead atoms. The van der Waals surface area contributed by atoms with Crippen molar-refractivity contribution >= 4 is 0 Å². The van der Waals surface area contributed by atoms with Crippen LogP contribution in [0.3, 0.4) is 0 Å². The zero-order chi connectivity index (χ0) is 12.8. The lowest BCUT2D eigenvalue weighted by atomic mass is 10.1. The summed E-state index contributed by atoms with van der Waals surface area (Å²) >= 11 is 0. The van der Waals surface area contributed by atoms with E-state index < -0.39 is 0 Å². The highest BCUT2D eigenvalue weighted by atomic mass is 15.3. The number of hydrogen-bond donors (Lipinski definition) is 1. The monoisotopic (exact) mass is 238 g/mol. The number of nitrogens with one attached hydrogen (secondary N) is 1. The Kier molecular flexibility index (Phi) is 5.62. The Morgan fingerprint density at radius 2 is 1.94 bits per heavy atom. The average Bonchev–Trinajstić information content (AvgIpc) is 2.52. The zero-order valence-corrected chi connectivity index (χ0v) is 11.8. The summed E-state index contributed by atoms with van der Waals surface area (Å²) in [5.74, 6) is 2.70. The minimum Gasteiger partial charge on any atom is -0.315 e. The van der Waals surface area contributed by atoms with Gasteiger partial charge < -0.3 is 5.32 Å². The molecule has 0 saturated heterocycles. The van der Waals surface area contributed by atoms with Crippen molar-refractivity contribution in [3.05, 3.63) is 11.6 Å². The lowest BCUT2D eigenvalue weighted by molar-refractivity contribution is 0.558. The molecule has 4 nitrogen and oxygen atoms in total. The van der Waals surface area contributed by atoms with E-state index in [4.69, 9.17) is 0 Å². The molecule has 0 amide bonds. The van der Waals surface area contributed by atoms with Crippen molar-refractivity contribution in [1.82, 2.24) is 20.1 Å². The third-order valence-electron chi connectivity index (χ3n) is 2.62. The Morgan fingerprint density at radius 1 is 1.24 bits per heavy atom. The Balaban J connectivity index is 2.40. The van der Waals surface area contributed by atoms with E-state index in [0.29, 0.717) is 12.0 Å². The van der Waals surface area contributed by atoms with Crippen LogP contribution in [0.15, 0.2) is 0 Å². The number of nitrogens with zero attached hydrogens (tertiary/aromatic N) is 3. The van der Waals surface area contributed by atoms with E-state index in [9.17, 15) is 0 Å². The minimum atomic E-state index is 0.561. The summed E-state index contributed by atoms with van der Waals surface area (Å²) in [6, 6.07) is 0.561. The summed E-state index contributed by atoms with van der Waals surface area (Å²) in [4.78, 5) is 4.59. The zero-order valence-electron chi connectivity index (χ0n) is 11.8. The molecule has 1 aromatic rings. The number of hydrogen-bond acceptors (Lipinski definition) is 3. The van der Waals surface area contributed by atoms with E-state index in [2.05, 4.69) is 43.1 Å². The fourth-order valence-electron chi connectivity index (χ4n) is 1.78. The summed E-state index contributed by atoms with van der Waals surface area (Å²) in [5.41, 5.74) is 0. The molecule has 1 heterocycles. The molecule has 0 fully saturated rings. The van der Waals surface area contributed by atoms with Crippen LogP contribution in [0.1, 0.15) is 45.8 Å². The van der Waals surface area contributed by atoms with Crippen molar-refractivity contribution in [3.8, 4) is 0 Å². The summed E-state index contributed by atoms with van der Waals surface area (Å²) < 4.78 is 1.92. The lowest BCUT2D eigenvalue weighted by Gasteiger charge is -2.06. The maximum absolute atomic E-state index is 4.59. The SMILES string of the molecule is CC(C)Cc1nc(CCCNC(C)C)n(C)n1. The van der Waals surface area contributed by atoms with Crippen LogP contribution in [-0.4, -0.2) is 27.4 Å². The number of aryl methyl sites for hydroxylation is 2.